The second-order valence-electron chi connectivity index (χ2n) is 3.77. The number of fused-ring (bicyclic) bond motifs is 1. The van der Waals surface area contributed by atoms with Gasteiger partial charge in [-0.25, -0.2) is 0 Å². The van der Waals surface area contributed by atoms with Crippen molar-refractivity contribution >= 4 is 27.5 Å². The van der Waals surface area contributed by atoms with Gasteiger partial charge >= 0.3 is 0 Å². The molecule has 0 spiro atoms. The number of hydrogen-bond acceptors (Lipinski definition) is 2. The van der Waals surface area contributed by atoms with Crippen LogP contribution in [0, 0.1) is 0 Å². The van der Waals surface area contributed by atoms with E-state index in [1.54, 1.807) is 0 Å². The molecule has 1 aliphatic heterocycles. The summed E-state index contributed by atoms with van der Waals surface area (Å²) < 4.78 is 12.0. The molecule has 1 atom stereocenters. The fourth-order valence-electron chi connectivity index (χ4n) is 1.73. The Labute approximate surface area is 109 Å². The second kappa shape index (κ2) is 5.28. The van der Waals surface area contributed by atoms with Gasteiger partial charge in [-0.1, -0.05) is 29.3 Å². The van der Waals surface area contributed by atoms with Crippen LogP contribution in [-0.2, 0) is 0 Å². The summed E-state index contributed by atoms with van der Waals surface area (Å²) >= 11 is 9.85. The van der Waals surface area contributed by atoms with Crippen LogP contribution in [0.3, 0.4) is 0 Å². The van der Waals surface area contributed by atoms with Gasteiger partial charge in [-0.3, -0.25) is 0 Å². The highest BCUT2D eigenvalue weighted by Crippen LogP contribution is 2.40. The van der Waals surface area contributed by atoms with Gasteiger partial charge in [-0.05, 0) is 24.1 Å². The number of halogens is 2. The monoisotopic (exact) mass is 304 g/mol. The van der Waals surface area contributed by atoms with Crippen LogP contribution in [-0.4, -0.2) is 13.2 Å². The van der Waals surface area contributed by atoms with Gasteiger partial charge in [0.1, 0.15) is 13.2 Å². The Morgan fingerprint density at radius 1 is 1.31 bits per heavy atom. The smallest absolute Gasteiger partial charge is 0.162 e. The van der Waals surface area contributed by atoms with E-state index in [0.717, 1.165) is 34.4 Å². The third-order valence-corrected chi connectivity index (χ3v) is 3.68. The van der Waals surface area contributed by atoms with E-state index in [-0.39, 0.29) is 5.38 Å². The summed E-state index contributed by atoms with van der Waals surface area (Å²) in [5.41, 5.74) is 1.08. The standard InChI is InChI=1S/C12H14BrClO2/c1-2-3-10(14)8-6-11-12(7-9(8)13)16-5-4-15-11/h6-7,10H,2-5H2,1H3. The molecule has 0 aliphatic carbocycles. The summed E-state index contributed by atoms with van der Waals surface area (Å²) in [5, 5.41) is 0.0233. The van der Waals surface area contributed by atoms with E-state index >= 15 is 0 Å². The van der Waals surface area contributed by atoms with Crippen molar-refractivity contribution in [2.75, 3.05) is 13.2 Å². The molecule has 2 rings (SSSR count). The van der Waals surface area contributed by atoms with Crippen LogP contribution in [0.4, 0.5) is 0 Å². The summed E-state index contributed by atoms with van der Waals surface area (Å²) in [5.74, 6) is 1.59. The quantitative estimate of drug-likeness (QED) is 0.775. The lowest BCUT2D eigenvalue weighted by atomic mass is 10.1. The third kappa shape index (κ3) is 2.46. The molecule has 16 heavy (non-hydrogen) atoms. The Balaban J connectivity index is 2.31. The highest BCUT2D eigenvalue weighted by atomic mass is 79.9. The Morgan fingerprint density at radius 3 is 2.56 bits per heavy atom. The van der Waals surface area contributed by atoms with Crippen molar-refractivity contribution in [3.63, 3.8) is 0 Å². The minimum absolute atomic E-state index is 0.0233. The van der Waals surface area contributed by atoms with Gasteiger partial charge in [0.15, 0.2) is 11.5 Å². The van der Waals surface area contributed by atoms with E-state index in [2.05, 4.69) is 22.9 Å². The molecule has 0 radical (unpaired) electrons. The first kappa shape index (κ1) is 12.1. The topological polar surface area (TPSA) is 18.5 Å². The van der Waals surface area contributed by atoms with Gasteiger partial charge in [0.05, 0.1) is 5.38 Å². The predicted octanol–water partition coefficient (Wildman–Crippen LogP) is 4.30. The zero-order chi connectivity index (χ0) is 11.5. The van der Waals surface area contributed by atoms with Gasteiger partial charge in [0, 0.05) is 4.47 Å². The van der Waals surface area contributed by atoms with E-state index < -0.39 is 0 Å². The average molecular weight is 306 g/mol. The number of ether oxygens (including phenoxy) is 2. The van der Waals surface area contributed by atoms with Gasteiger partial charge in [-0.2, -0.15) is 0 Å². The molecule has 0 saturated heterocycles. The molecule has 1 unspecified atom stereocenters. The first-order chi connectivity index (χ1) is 7.72. The fourth-order valence-corrected chi connectivity index (χ4v) is 2.86. The van der Waals surface area contributed by atoms with Gasteiger partial charge in [0.25, 0.3) is 0 Å². The lowest BCUT2D eigenvalue weighted by molar-refractivity contribution is 0.171. The maximum atomic E-state index is 6.33. The Kier molecular flexibility index (Phi) is 3.98. The largest absolute Gasteiger partial charge is 0.486 e. The van der Waals surface area contributed by atoms with E-state index in [1.165, 1.54) is 0 Å². The minimum atomic E-state index is 0.0233. The van der Waals surface area contributed by atoms with Crippen LogP contribution >= 0.6 is 27.5 Å². The summed E-state index contributed by atoms with van der Waals surface area (Å²) in [6.07, 6.45) is 2.02. The van der Waals surface area contributed by atoms with Crippen LogP contribution < -0.4 is 9.47 Å². The maximum Gasteiger partial charge on any atom is 0.162 e. The molecular formula is C12H14BrClO2. The van der Waals surface area contributed by atoms with Gasteiger partial charge < -0.3 is 9.47 Å². The molecule has 0 N–H and O–H groups in total. The summed E-state index contributed by atoms with van der Waals surface area (Å²) in [4.78, 5) is 0. The Morgan fingerprint density at radius 2 is 1.94 bits per heavy atom. The van der Waals surface area contributed by atoms with Crippen molar-refractivity contribution in [3.8, 4) is 11.5 Å². The molecular weight excluding hydrogens is 291 g/mol. The Bertz CT molecular complexity index is 382. The molecule has 88 valence electrons. The zero-order valence-corrected chi connectivity index (χ0v) is 11.5. The molecule has 0 aromatic heterocycles. The molecule has 1 aliphatic rings. The summed E-state index contributed by atoms with van der Waals surface area (Å²) in [6, 6.07) is 3.92. The third-order valence-electron chi connectivity index (χ3n) is 2.54. The number of rotatable bonds is 3. The average Bonchev–Trinajstić information content (AvgIpc) is 2.28. The molecule has 0 saturated carbocycles. The van der Waals surface area contributed by atoms with Crippen molar-refractivity contribution < 1.29 is 9.47 Å². The lowest BCUT2D eigenvalue weighted by Crippen LogP contribution is -2.15. The van der Waals surface area contributed by atoms with Crippen molar-refractivity contribution in [1.29, 1.82) is 0 Å². The van der Waals surface area contributed by atoms with Crippen molar-refractivity contribution in [3.05, 3.63) is 22.2 Å². The second-order valence-corrected chi connectivity index (χ2v) is 5.15. The van der Waals surface area contributed by atoms with Crippen molar-refractivity contribution in [1.82, 2.24) is 0 Å². The summed E-state index contributed by atoms with van der Waals surface area (Å²) in [6.45, 7) is 3.34. The molecule has 2 nitrogen and oxygen atoms in total. The first-order valence-electron chi connectivity index (χ1n) is 5.45. The van der Waals surface area contributed by atoms with Crippen LogP contribution in [0.15, 0.2) is 16.6 Å². The first-order valence-corrected chi connectivity index (χ1v) is 6.68. The van der Waals surface area contributed by atoms with E-state index in [4.69, 9.17) is 21.1 Å². The summed E-state index contributed by atoms with van der Waals surface area (Å²) in [7, 11) is 0. The van der Waals surface area contributed by atoms with Crippen LogP contribution in [0.1, 0.15) is 30.7 Å². The molecule has 0 fully saturated rings. The molecule has 1 heterocycles. The van der Waals surface area contributed by atoms with E-state index in [1.807, 2.05) is 12.1 Å². The van der Waals surface area contributed by atoms with Crippen LogP contribution in [0.25, 0.3) is 0 Å². The van der Waals surface area contributed by atoms with Crippen LogP contribution in [0.5, 0.6) is 11.5 Å². The highest BCUT2D eigenvalue weighted by molar-refractivity contribution is 9.10. The fraction of sp³-hybridized carbons (Fsp3) is 0.500. The van der Waals surface area contributed by atoms with E-state index in [0.29, 0.717) is 13.2 Å². The van der Waals surface area contributed by atoms with Crippen molar-refractivity contribution in [2.24, 2.45) is 0 Å². The van der Waals surface area contributed by atoms with Gasteiger partial charge in [-0.15, -0.1) is 11.6 Å². The highest BCUT2D eigenvalue weighted by Gasteiger charge is 2.18. The minimum Gasteiger partial charge on any atom is -0.486 e. The predicted molar refractivity (Wildman–Crippen MR) is 68.6 cm³/mol. The molecule has 1 aromatic rings. The van der Waals surface area contributed by atoms with E-state index in [9.17, 15) is 0 Å². The van der Waals surface area contributed by atoms with Gasteiger partial charge in [0.2, 0.25) is 0 Å². The number of hydrogen-bond donors (Lipinski definition) is 0. The number of benzene rings is 1. The maximum absolute atomic E-state index is 6.33. The zero-order valence-electron chi connectivity index (χ0n) is 9.13. The molecule has 4 heteroatoms. The molecule has 1 aromatic carbocycles. The molecule has 0 amide bonds. The van der Waals surface area contributed by atoms with Crippen LogP contribution in [0.2, 0.25) is 0 Å². The van der Waals surface area contributed by atoms with Crippen molar-refractivity contribution in [2.45, 2.75) is 25.1 Å². The normalized spacial score (nSPS) is 15.9. The SMILES string of the molecule is CCCC(Cl)c1cc2c(cc1Br)OCCO2. The molecule has 0 bridgehead atoms. The Hall–Kier alpha value is -0.410. The number of alkyl halides is 1. The lowest BCUT2D eigenvalue weighted by Gasteiger charge is -2.21.